The van der Waals surface area contributed by atoms with E-state index in [2.05, 4.69) is 20.4 Å². The van der Waals surface area contributed by atoms with Crippen molar-refractivity contribution in [3.8, 4) is 0 Å². The average Bonchev–Trinajstić information content (AvgIpc) is 2.81. The normalized spacial score (nSPS) is 16.1. The van der Waals surface area contributed by atoms with Gasteiger partial charge in [-0.2, -0.15) is 10.1 Å². The van der Waals surface area contributed by atoms with E-state index in [1.54, 1.807) is 6.92 Å². The van der Waals surface area contributed by atoms with Crippen molar-refractivity contribution in [3.63, 3.8) is 0 Å². The van der Waals surface area contributed by atoms with Gasteiger partial charge in [-0.25, -0.2) is 9.50 Å². The van der Waals surface area contributed by atoms with Crippen molar-refractivity contribution in [1.82, 2.24) is 29.8 Å². The smallest absolute Gasteiger partial charge is 0.257 e. The van der Waals surface area contributed by atoms with E-state index in [0.29, 0.717) is 30.1 Å². The lowest BCUT2D eigenvalue weighted by atomic mass is 10.2. The molecule has 0 atom stereocenters. The van der Waals surface area contributed by atoms with E-state index in [1.807, 2.05) is 0 Å². The Kier molecular flexibility index (Phi) is 3.05. The van der Waals surface area contributed by atoms with Crippen molar-refractivity contribution < 1.29 is 9.59 Å². The van der Waals surface area contributed by atoms with Crippen molar-refractivity contribution in [2.45, 2.75) is 13.3 Å². The maximum Gasteiger partial charge on any atom is 0.257 e. The van der Waals surface area contributed by atoms with Gasteiger partial charge in [-0.1, -0.05) is 0 Å². The van der Waals surface area contributed by atoms with Gasteiger partial charge in [0, 0.05) is 19.3 Å². The number of hydrogen-bond donors (Lipinski definition) is 1. The number of carbonyl (C=O) groups is 2. The second kappa shape index (κ2) is 4.87. The Balaban J connectivity index is 1.95. The number of hydrogen-bond acceptors (Lipinski definition) is 5. The summed E-state index contributed by atoms with van der Waals surface area (Å²) < 4.78 is 1.52. The van der Waals surface area contributed by atoms with Crippen LogP contribution in [0.3, 0.4) is 0 Å². The van der Waals surface area contributed by atoms with E-state index < -0.39 is 0 Å². The standard InChI is InChI=1S/C12H14N6O2/c1-8-9(5-14-12-15-7-16-18(8)12)11(20)17-4-2-3-13-10(19)6-17/h5,7H,2-4,6H2,1H3,(H,13,19). The summed E-state index contributed by atoms with van der Waals surface area (Å²) in [5.41, 5.74) is 1.11. The largest absolute Gasteiger partial charge is 0.354 e. The van der Waals surface area contributed by atoms with Crippen molar-refractivity contribution in [2.24, 2.45) is 0 Å². The fraction of sp³-hybridized carbons (Fsp3) is 0.417. The molecule has 1 aliphatic rings. The van der Waals surface area contributed by atoms with Crippen LogP contribution < -0.4 is 5.32 Å². The third-order valence-corrected chi connectivity index (χ3v) is 3.33. The van der Waals surface area contributed by atoms with Crippen LogP contribution >= 0.6 is 0 Å². The van der Waals surface area contributed by atoms with Gasteiger partial charge in [-0.15, -0.1) is 0 Å². The van der Waals surface area contributed by atoms with E-state index in [0.717, 1.165) is 6.42 Å². The van der Waals surface area contributed by atoms with E-state index in [4.69, 9.17) is 0 Å². The molecule has 2 aromatic heterocycles. The van der Waals surface area contributed by atoms with E-state index in [1.165, 1.54) is 21.9 Å². The first-order chi connectivity index (χ1) is 9.66. The molecule has 0 saturated carbocycles. The number of rotatable bonds is 1. The molecule has 1 saturated heterocycles. The molecular weight excluding hydrogens is 260 g/mol. The van der Waals surface area contributed by atoms with E-state index in [9.17, 15) is 9.59 Å². The number of carbonyl (C=O) groups excluding carboxylic acids is 2. The minimum atomic E-state index is -0.204. The highest BCUT2D eigenvalue weighted by molar-refractivity contribution is 5.97. The van der Waals surface area contributed by atoms with Crippen LogP contribution in [0.5, 0.6) is 0 Å². The second-order valence-electron chi connectivity index (χ2n) is 4.66. The predicted molar refractivity (Wildman–Crippen MR) is 69.0 cm³/mol. The van der Waals surface area contributed by atoms with Crippen LogP contribution in [0.2, 0.25) is 0 Å². The highest BCUT2D eigenvalue weighted by Crippen LogP contribution is 2.11. The molecule has 2 amide bonds. The Morgan fingerprint density at radius 2 is 2.25 bits per heavy atom. The fourth-order valence-corrected chi connectivity index (χ4v) is 2.25. The average molecular weight is 274 g/mol. The molecule has 1 fully saturated rings. The van der Waals surface area contributed by atoms with Crippen LogP contribution in [0.1, 0.15) is 22.5 Å². The lowest BCUT2D eigenvalue weighted by Crippen LogP contribution is -2.37. The van der Waals surface area contributed by atoms with Gasteiger partial charge in [0.2, 0.25) is 5.91 Å². The molecule has 0 radical (unpaired) electrons. The number of amides is 2. The van der Waals surface area contributed by atoms with Crippen LogP contribution in [0.4, 0.5) is 0 Å². The molecule has 0 bridgehead atoms. The first-order valence-electron chi connectivity index (χ1n) is 6.38. The van der Waals surface area contributed by atoms with Crippen molar-refractivity contribution >= 4 is 17.6 Å². The molecule has 3 rings (SSSR count). The van der Waals surface area contributed by atoms with Crippen LogP contribution in [0.15, 0.2) is 12.5 Å². The molecule has 8 nitrogen and oxygen atoms in total. The van der Waals surface area contributed by atoms with Gasteiger partial charge in [-0.05, 0) is 13.3 Å². The minimum absolute atomic E-state index is 0.0771. The van der Waals surface area contributed by atoms with Gasteiger partial charge in [0.15, 0.2) is 0 Å². The quantitative estimate of drug-likeness (QED) is 0.749. The first kappa shape index (κ1) is 12.5. The molecule has 0 unspecified atom stereocenters. The van der Waals surface area contributed by atoms with Gasteiger partial charge < -0.3 is 10.2 Å². The highest BCUT2D eigenvalue weighted by Gasteiger charge is 2.23. The van der Waals surface area contributed by atoms with Gasteiger partial charge in [0.1, 0.15) is 6.33 Å². The minimum Gasteiger partial charge on any atom is -0.354 e. The van der Waals surface area contributed by atoms with Crippen LogP contribution in [0.25, 0.3) is 5.78 Å². The summed E-state index contributed by atoms with van der Waals surface area (Å²) >= 11 is 0. The maximum absolute atomic E-state index is 12.5. The van der Waals surface area contributed by atoms with Crippen molar-refractivity contribution in [2.75, 3.05) is 19.6 Å². The third-order valence-electron chi connectivity index (χ3n) is 3.33. The van der Waals surface area contributed by atoms with E-state index in [-0.39, 0.29) is 18.4 Å². The Labute approximate surface area is 114 Å². The summed E-state index contributed by atoms with van der Waals surface area (Å²) in [6.07, 6.45) is 3.63. The molecule has 0 aromatic carbocycles. The van der Waals surface area contributed by atoms with Crippen LogP contribution in [0, 0.1) is 6.92 Å². The maximum atomic E-state index is 12.5. The number of nitrogens with zero attached hydrogens (tertiary/aromatic N) is 5. The zero-order valence-electron chi connectivity index (χ0n) is 11.0. The van der Waals surface area contributed by atoms with Crippen LogP contribution in [-0.4, -0.2) is 55.9 Å². The lowest BCUT2D eigenvalue weighted by Gasteiger charge is -2.19. The monoisotopic (exact) mass is 274 g/mol. The fourth-order valence-electron chi connectivity index (χ4n) is 2.25. The SMILES string of the molecule is Cc1c(C(=O)N2CCCNC(=O)C2)cnc2ncnn12. The molecule has 20 heavy (non-hydrogen) atoms. The summed E-state index contributed by atoms with van der Waals surface area (Å²) in [4.78, 5) is 33.7. The van der Waals surface area contributed by atoms with Gasteiger partial charge in [0.25, 0.3) is 11.7 Å². The summed E-state index contributed by atoms with van der Waals surface area (Å²) in [5, 5.41) is 6.78. The predicted octanol–water partition coefficient (Wildman–Crippen LogP) is -0.605. The van der Waals surface area contributed by atoms with Crippen molar-refractivity contribution in [1.29, 1.82) is 0 Å². The number of nitrogens with one attached hydrogen (secondary N) is 1. The molecule has 1 N–H and O–H groups in total. The van der Waals surface area contributed by atoms with Crippen LogP contribution in [-0.2, 0) is 4.79 Å². The van der Waals surface area contributed by atoms with Gasteiger partial charge in [0.05, 0.1) is 17.8 Å². The summed E-state index contributed by atoms with van der Waals surface area (Å²) in [5.74, 6) is 0.111. The van der Waals surface area contributed by atoms with Crippen molar-refractivity contribution in [3.05, 3.63) is 23.8 Å². The topological polar surface area (TPSA) is 92.5 Å². The summed E-state index contributed by atoms with van der Waals surface area (Å²) in [7, 11) is 0. The molecule has 3 heterocycles. The van der Waals surface area contributed by atoms with E-state index >= 15 is 0 Å². The molecule has 2 aromatic rings. The Bertz CT molecular complexity index is 680. The molecule has 8 heteroatoms. The third kappa shape index (κ3) is 2.09. The molecule has 1 aliphatic heterocycles. The lowest BCUT2D eigenvalue weighted by molar-refractivity contribution is -0.121. The zero-order valence-corrected chi connectivity index (χ0v) is 11.0. The number of aromatic nitrogens is 4. The number of fused-ring (bicyclic) bond motifs is 1. The summed E-state index contributed by atoms with van der Waals surface area (Å²) in [6.45, 7) is 3.01. The molecule has 104 valence electrons. The second-order valence-corrected chi connectivity index (χ2v) is 4.66. The Hall–Kier alpha value is -2.51. The Morgan fingerprint density at radius 3 is 3.10 bits per heavy atom. The van der Waals surface area contributed by atoms with Gasteiger partial charge >= 0.3 is 0 Å². The Morgan fingerprint density at radius 1 is 1.40 bits per heavy atom. The molecule has 0 spiro atoms. The molecule has 0 aliphatic carbocycles. The summed E-state index contributed by atoms with van der Waals surface area (Å²) in [6, 6.07) is 0. The highest BCUT2D eigenvalue weighted by atomic mass is 16.2. The van der Waals surface area contributed by atoms with Gasteiger partial charge in [-0.3, -0.25) is 9.59 Å². The zero-order chi connectivity index (χ0) is 14.1. The molecular formula is C12H14N6O2. The first-order valence-corrected chi connectivity index (χ1v) is 6.38. The number of aryl methyl sites for hydroxylation is 1.